The first-order chi connectivity index (χ1) is 13.8. The summed E-state index contributed by atoms with van der Waals surface area (Å²) in [5, 5.41) is 11.6. The first-order valence-corrected chi connectivity index (χ1v) is 11.1. The van der Waals surface area contributed by atoms with Gasteiger partial charge in [-0.15, -0.1) is 0 Å². The Kier molecular flexibility index (Phi) is 4.78. The molecular weight excluding hydrogens is 456 g/mol. The lowest BCUT2D eigenvalue weighted by Crippen LogP contribution is -2.31. The molecule has 0 radical (unpaired) electrons. The van der Waals surface area contributed by atoms with Crippen LogP contribution < -0.4 is 4.74 Å². The molecule has 2 aromatic rings. The average molecular weight is 478 g/mol. The van der Waals surface area contributed by atoms with E-state index in [9.17, 15) is 9.90 Å². The summed E-state index contributed by atoms with van der Waals surface area (Å²) < 4.78 is 12.8. The number of rotatable bonds is 3. The highest BCUT2D eigenvalue weighted by Crippen LogP contribution is 2.55. The maximum atomic E-state index is 13.3. The predicted molar refractivity (Wildman–Crippen MR) is 114 cm³/mol. The van der Waals surface area contributed by atoms with Crippen LogP contribution in [0, 0.1) is 25.7 Å². The van der Waals surface area contributed by atoms with E-state index in [0.717, 1.165) is 34.0 Å². The second-order valence-corrected chi connectivity index (χ2v) is 9.73. The van der Waals surface area contributed by atoms with Crippen molar-refractivity contribution in [1.29, 1.82) is 0 Å². The summed E-state index contributed by atoms with van der Waals surface area (Å²) in [5.41, 5.74) is 2.81. The van der Waals surface area contributed by atoms with E-state index in [2.05, 4.69) is 15.9 Å². The van der Waals surface area contributed by atoms with Crippen molar-refractivity contribution in [3.63, 3.8) is 0 Å². The number of aliphatic hydroxyl groups excluding tert-OH is 1. The minimum absolute atomic E-state index is 0.0140. The molecule has 2 aromatic carbocycles. The Bertz CT molecular complexity index is 983. The molecule has 0 amide bonds. The number of ketones is 1. The van der Waals surface area contributed by atoms with Crippen molar-refractivity contribution >= 4 is 33.3 Å². The molecule has 5 rings (SSSR count). The van der Waals surface area contributed by atoms with Gasteiger partial charge in [0.15, 0.2) is 0 Å². The van der Waals surface area contributed by atoms with Crippen LogP contribution >= 0.6 is 27.5 Å². The highest BCUT2D eigenvalue weighted by molar-refractivity contribution is 9.10. The first kappa shape index (κ1) is 19.6. The number of hydrogen-bond donors (Lipinski definition) is 1. The molecule has 6 unspecified atom stereocenters. The molecule has 2 bridgehead atoms. The van der Waals surface area contributed by atoms with Gasteiger partial charge in [0.1, 0.15) is 17.3 Å². The summed E-state index contributed by atoms with van der Waals surface area (Å²) in [6.07, 6.45) is 1.20. The zero-order valence-electron chi connectivity index (χ0n) is 16.2. The number of aliphatic hydroxyl groups is 1. The zero-order chi connectivity index (χ0) is 20.4. The monoisotopic (exact) mass is 476 g/mol. The fourth-order valence-electron chi connectivity index (χ4n) is 5.60. The van der Waals surface area contributed by atoms with Crippen LogP contribution in [0.5, 0.6) is 11.5 Å². The normalized spacial score (nSPS) is 32.7. The van der Waals surface area contributed by atoms with Gasteiger partial charge in [-0.05, 0) is 73.7 Å². The zero-order valence-corrected chi connectivity index (χ0v) is 18.5. The van der Waals surface area contributed by atoms with Crippen molar-refractivity contribution in [3.05, 3.63) is 56.5 Å². The van der Waals surface area contributed by atoms with Crippen molar-refractivity contribution in [2.75, 3.05) is 0 Å². The van der Waals surface area contributed by atoms with Crippen LogP contribution in [0.2, 0.25) is 5.02 Å². The Morgan fingerprint density at radius 3 is 2.48 bits per heavy atom. The van der Waals surface area contributed by atoms with E-state index in [1.54, 1.807) is 6.07 Å². The van der Waals surface area contributed by atoms with Gasteiger partial charge in [-0.1, -0.05) is 27.5 Å². The van der Waals surface area contributed by atoms with E-state index in [0.29, 0.717) is 16.5 Å². The third-order valence-corrected chi connectivity index (χ3v) is 7.49. The summed E-state index contributed by atoms with van der Waals surface area (Å²) in [6, 6.07) is 9.30. The van der Waals surface area contributed by atoms with E-state index in [1.165, 1.54) is 0 Å². The molecule has 3 aliphatic rings. The van der Waals surface area contributed by atoms with Gasteiger partial charge in [0.05, 0.1) is 35.2 Å². The maximum absolute atomic E-state index is 13.3. The van der Waals surface area contributed by atoms with Gasteiger partial charge in [-0.3, -0.25) is 4.79 Å². The summed E-state index contributed by atoms with van der Waals surface area (Å²) >= 11 is 9.67. The molecule has 6 atom stereocenters. The van der Waals surface area contributed by atoms with E-state index in [4.69, 9.17) is 21.1 Å². The number of ether oxygens (including phenoxy) is 2. The molecule has 0 aromatic heterocycles. The number of hydrogen-bond acceptors (Lipinski definition) is 4. The van der Waals surface area contributed by atoms with E-state index in [1.807, 2.05) is 38.1 Å². The molecule has 0 spiro atoms. The van der Waals surface area contributed by atoms with E-state index < -0.39 is 12.0 Å². The maximum Gasteiger partial charge on any atom is 0.149 e. The molecule has 1 aliphatic carbocycles. The second-order valence-electron chi connectivity index (χ2n) is 8.41. The van der Waals surface area contributed by atoms with Crippen molar-refractivity contribution in [1.82, 2.24) is 0 Å². The summed E-state index contributed by atoms with van der Waals surface area (Å²) in [4.78, 5) is 13.3. The number of Topliss-reactive ketones (excluding diaryl/α,β-unsaturated/α-hetero) is 1. The summed E-state index contributed by atoms with van der Waals surface area (Å²) in [5.74, 6) is 0.651. The number of carbonyl (C=O) groups excluding carboxylic acids is 1. The van der Waals surface area contributed by atoms with E-state index in [-0.39, 0.29) is 29.8 Å². The lowest BCUT2D eigenvalue weighted by Gasteiger charge is -2.24. The lowest BCUT2D eigenvalue weighted by molar-refractivity contribution is -0.124. The molecule has 3 fully saturated rings. The van der Waals surface area contributed by atoms with E-state index >= 15 is 0 Å². The van der Waals surface area contributed by atoms with Crippen molar-refractivity contribution in [3.8, 4) is 11.5 Å². The SMILES string of the molecule is Cc1cc(Oc2ccc(Br)cc2Cl)cc(C)c1C1C(=O)C2C3CCC(O3)C2C1O. The molecule has 1 saturated carbocycles. The van der Waals surface area contributed by atoms with Crippen LogP contribution in [-0.4, -0.2) is 29.2 Å². The van der Waals surface area contributed by atoms with Crippen molar-refractivity contribution in [2.45, 2.75) is 50.9 Å². The van der Waals surface area contributed by atoms with Crippen LogP contribution in [0.15, 0.2) is 34.8 Å². The fraction of sp³-hybridized carbons (Fsp3) is 0.435. The minimum atomic E-state index is -0.687. The van der Waals surface area contributed by atoms with Crippen molar-refractivity contribution in [2.24, 2.45) is 11.8 Å². The van der Waals surface area contributed by atoms with Gasteiger partial charge in [0.2, 0.25) is 0 Å². The standard InChI is InChI=1S/C23H22BrClO4/c1-10-7-13(28-15-4-3-12(24)9-14(15)25)8-11(2)18(10)21-22(26)19-16-5-6-17(29-16)20(19)23(21)27/h3-4,7-9,16-17,19-22,26H,5-6H2,1-2H3. The van der Waals surface area contributed by atoms with Crippen LogP contribution in [0.1, 0.15) is 35.4 Å². The van der Waals surface area contributed by atoms with Crippen LogP contribution in [-0.2, 0) is 9.53 Å². The summed E-state index contributed by atoms with van der Waals surface area (Å²) in [6.45, 7) is 3.94. The number of aryl methyl sites for hydroxylation is 2. The third-order valence-electron chi connectivity index (χ3n) is 6.70. The van der Waals surface area contributed by atoms with Crippen LogP contribution in [0.4, 0.5) is 0 Å². The van der Waals surface area contributed by atoms with Gasteiger partial charge < -0.3 is 14.6 Å². The Labute approximate surface area is 183 Å². The molecule has 152 valence electrons. The number of fused-ring (bicyclic) bond motifs is 5. The van der Waals surface area contributed by atoms with Gasteiger partial charge in [-0.25, -0.2) is 0 Å². The number of carbonyl (C=O) groups is 1. The van der Waals surface area contributed by atoms with Crippen LogP contribution in [0.3, 0.4) is 0 Å². The Morgan fingerprint density at radius 2 is 1.83 bits per heavy atom. The highest BCUT2D eigenvalue weighted by atomic mass is 79.9. The number of halogens is 2. The topological polar surface area (TPSA) is 55.8 Å². The minimum Gasteiger partial charge on any atom is -0.456 e. The Hall–Kier alpha value is -1.40. The predicted octanol–water partition coefficient (Wildman–Crippen LogP) is 5.33. The molecule has 29 heavy (non-hydrogen) atoms. The quantitative estimate of drug-likeness (QED) is 0.649. The van der Waals surface area contributed by atoms with Gasteiger partial charge in [0, 0.05) is 10.4 Å². The third kappa shape index (κ3) is 3.05. The fourth-order valence-corrected chi connectivity index (χ4v) is 6.31. The molecule has 1 N–H and O–H groups in total. The molecule has 2 aliphatic heterocycles. The molecule has 2 saturated heterocycles. The van der Waals surface area contributed by atoms with Gasteiger partial charge >= 0.3 is 0 Å². The van der Waals surface area contributed by atoms with Crippen molar-refractivity contribution < 1.29 is 19.4 Å². The van der Waals surface area contributed by atoms with Gasteiger partial charge in [0.25, 0.3) is 0 Å². The highest BCUT2D eigenvalue weighted by Gasteiger charge is 2.62. The average Bonchev–Trinajstić information content (AvgIpc) is 3.33. The molecular formula is C23H22BrClO4. The lowest BCUT2D eigenvalue weighted by atomic mass is 9.81. The Morgan fingerprint density at radius 1 is 1.14 bits per heavy atom. The second kappa shape index (κ2) is 7.09. The first-order valence-electron chi connectivity index (χ1n) is 9.96. The largest absolute Gasteiger partial charge is 0.456 e. The molecule has 6 heteroatoms. The molecule has 2 heterocycles. The molecule has 4 nitrogen and oxygen atoms in total. The van der Waals surface area contributed by atoms with Gasteiger partial charge in [-0.2, -0.15) is 0 Å². The number of benzene rings is 2. The van der Waals surface area contributed by atoms with Crippen LogP contribution in [0.25, 0.3) is 0 Å². The smallest absolute Gasteiger partial charge is 0.149 e. The summed E-state index contributed by atoms with van der Waals surface area (Å²) in [7, 11) is 0. The Balaban J connectivity index is 1.47.